The van der Waals surface area contributed by atoms with Crippen molar-refractivity contribution >= 4 is 23.4 Å². The van der Waals surface area contributed by atoms with Crippen LogP contribution < -0.4 is 5.32 Å². The van der Waals surface area contributed by atoms with Gasteiger partial charge in [0.25, 0.3) is 0 Å². The van der Waals surface area contributed by atoms with Crippen LogP contribution in [-0.2, 0) is 12.3 Å². The highest BCUT2D eigenvalue weighted by molar-refractivity contribution is 7.98. The van der Waals surface area contributed by atoms with Crippen LogP contribution in [0.3, 0.4) is 0 Å². The fourth-order valence-electron chi connectivity index (χ4n) is 1.85. The summed E-state index contributed by atoms with van der Waals surface area (Å²) >= 11 is 7.86. The molecule has 0 spiro atoms. The Labute approximate surface area is 129 Å². The number of furan rings is 1. The second kappa shape index (κ2) is 7.77. The minimum Gasteiger partial charge on any atom is -0.468 e. The van der Waals surface area contributed by atoms with Gasteiger partial charge >= 0.3 is 0 Å². The Morgan fingerprint density at radius 3 is 2.85 bits per heavy atom. The van der Waals surface area contributed by atoms with Crippen LogP contribution >= 0.6 is 23.4 Å². The molecule has 0 bridgehead atoms. The van der Waals surface area contributed by atoms with Gasteiger partial charge in [-0.1, -0.05) is 31.5 Å². The normalized spacial score (nSPS) is 11.2. The number of nitrogens with one attached hydrogen (secondary N) is 1. The molecule has 0 amide bonds. The number of rotatable bonds is 7. The number of benzene rings is 1. The molecule has 1 N–H and O–H groups in total. The maximum Gasteiger partial charge on any atom is 0.113 e. The third kappa shape index (κ3) is 4.89. The van der Waals surface area contributed by atoms with Gasteiger partial charge in [-0.25, -0.2) is 0 Å². The van der Waals surface area contributed by atoms with Crippen molar-refractivity contribution in [2.75, 3.05) is 6.54 Å². The molecule has 4 heteroatoms. The molecule has 1 aromatic heterocycles. The molecule has 108 valence electrons. The molecule has 0 aliphatic carbocycles. The summed E-state index contributed by atoms with van der Waals surface area (Å²) in [7, 11) is 0. The first-order chi connectivity index (χ1) is 9.65. The average molecular weight is 310 g/mol. The lowest BCUT2D eigenvalue weighted by molar-refractivity contribution is 0.530. The average Bonchev–Trinajstić information content (AvgIpc) is 2.91. The predicted molar refractivity (Wildman–Crippen MR) is 86.3 cm³/mol. The van der Waals surface area contributed by atoms with Crippen molar-refractivity contribution in [2.24, 2.45) is 5.92 Å². The smallest absolute Gasteiger partial charge is 0.113 e. The van der Waals surface area contributed by atoms with Gasteiger partial charge in [0.05, 0.1) is 12.0 Å². The van der Waals surface area contributed by atoms with Crippen molar-refractivity contribution in [1.29, 1.82) is 0 Å². The van der Waals surface area contributed by atoms with E-state index in [0.717, 1.165) is 29.6 Å². The van der Waals surface area contributed by atoms with Crippen LogP contribution in [0.2, 0.25) is 5.02 Å². The number of thioether (sulfide) groups is 1. The lowest BCUT2D eigenvalue weighted by Gasteiger charge is -2.12. The summed E-state index contributed by atoms with van der Waals surface area (Å²) in [5.74, 6) is 2.46. The van der Waals surface area contributed by atoms with Gasteiger partial charge < -0.3 is 9.73 Å². The number of hydrogen-bond donors (Lipinski definition) is 1. The van der Waals surface area contributed by atoms with E-state index in [9.17, 15) is 0 Å². The summed E-state index contributed by atoms with van der Waals surface area (Å²) in [5.41, 5.74) is 1.28. The Morgan fingerprint density at radius 1 is 1.30 bits per heavy atom. The maximum absolute atomic E-state index is 6.10. The maximum atomic E-state index is 6.10. The van der Waals surface area contributed by atoms with Gasteiger partial charge in [-0.15, -0.1) is 11.8 Å². The van der Waals surface area contributed by atoms with Crippen LogP contribution in [0.15, 0.2) is 45.9 Å². The zero-order chi connectivity index (χ0) is 14.4. The second-order valence-corrected chi connectivity index (χ2v) is 6.60. The minimum atomic E-state index is 0.654. The zero-order valence-electron chi connectivity index (χ0n) is 11.9. The molecular formula is C16H20ClNOS. The quantitative estimate of drug-likeness (QED) is 0.731. The van der Waals surface area contributed by atoms with Crippen LogP contribution in [0.4, 0.5) is 0 Å². The number of hydrogen-bond acceptors (Lipinski definition) is 3. The zero-order valence-corrected chi connectivity index (χ0v) is 13.4. The summed E-state index contributed by atoms with van der Waals surface area (Å²) in [5, 5.41) is 4.25. The fraction of sp³-hybridized carbons (Fsp3) is 0.375. The Bertz CT molecular complexity index is 525. The van der Waals surface area contributed by atoms with Crippen LogP contribution in [0.5, 0.6) is 0 Å². The van der Waals surface area contributed by atoms with Crippen LogP contribution in [0.1, 0.15) is 25.2 Å². The molecule has 0 atom stereocenters. The summed E-state index contributed by atoms with van der Waals surface area (Å²) in [6.07, 6.45) is 1.71. The standard InChI is InChI=1S/C16H20ClNOS/c1-12(2)9-18-10-13-5-6-14(17)8-16(13)20-11-15-4-3-7-19-15/h3-8,12,18H,9-11H2,1-2H3. The second-order valence-electron chi connectivity index (χ2n) is 5.14. The molecule has 0 unspecified atom stereocenters. The highest BCUT2D eigenvalue weighted by Crippen LogP contribution is 2.29. The van der Waals surface area contributed by atoms with Crippen LogP contribution in [0.25, 0.3) is 0 Å². The van der Waals surface area contributed by atoms with E-state index in [-0.39, 0.29) is 0 Å². The molecule has 0 aliphatic rings. The summed E-state index contributed by atoms with van der Waals surface area (Å²) in [6, 6.07) is 9.99. The first-order valence-corrected chi connectivity index (χ1v) is 8.16. The third-order valence-electron chi connectivity index (χ3n) is 2.85. The van der Waals surface area contributed by atoms with Gasteiger partial charge in [-0.2, -0.15) is 0 Å². The lowest BCUT2D eigenvalue weighted by Crippen LogP contribution is -2.19. The molecule has 0 aliphatic heterocycles. The Morgan fingerprint density at radius 2 is 2.15 bits per heavy atom. The molecular weight excluding hydrogens is 290 g/mol. The van der Waals surface area contributed by atoms with E-state index in [1.807, 2.05) is 24.3 Å². The van der Waals surface area contributed by atoms with Gasteiger partial charge in [-0.05, 0) is 42.3 Å². The van der Waals surface area contributed by atoms with Gasteiger partial charge in [0, 0.05) is 16.5 Å². The third-order valence-corrected chi connectivity index (χ3v) is 4.20. The van der Waals surface area contributed by atoms with E-state index in [1.54, 1.807) is 18.0 Å². The van der Waals surface area contributed by atoms with Crippen molar-refractivity contribution in [1.82, 2.24) is 5.32 Å². The van der Waals surface area contributed by atoms with E-state index in [4.69, 9.17) is 16.0 Å². The van der Waals surface area contributed by atoms with Crippen molar-refractivity contribution in [3.8, 4) is 0 Å². The van der Waals surface area contributed by atoms with Gasteiger partial charge in [-0.3, -0.25) is 0 Å². The van der Waals surface area contributed by atoms with E-state index < -0.39 is 0 Å². The highest BCUT2D eigenvalue weighted by Gasteiger charge is 2.06. The van der Waals surface area contributed by atoms with Crippen molar-refractivity contribution in [3.63, 3.8) is 0 Å². The van der Waals surface area contributed by atoms with E-state index in [0.29, 0.717) is 5.92 Å². The molecule has 2 rings (SSSR count). The molecule has 0 fully saturated rings. The van der Waals surface area contributed by atoms with Crippen molar-refractivity contribution in [3.05, 3.63) is 52.9 Å². The molecule has 0 radical (unpaired) electrons. The molecule has 0 saturated carbocycles. The minimum absolute atomic E-state index is 0.654. The topological polar surface area (TPSA) is 25.2 Å². The summed E-state index contributed by atoms with van der Waals surface area (Å²) in [4.78, 5) is 1.21. The fourth-order valence-corrected chi connectivity index (χ4v) is 3.08. The van der Waals surface area contributed by atoms with Crippen molar-refractivity contribution < 1.29 is 4.42 Å². The monoisotopic (exact) mass is 309 g/mol. The number of halogens is 1. The first-order valence-electron chi connectivity index (χ1n) is 6.79. The largest absolute Gasteiger partial charge is 0.468 e. The Hall–Kier alpha value is -0.900. The highest BCUT2D eigenvalue weighted by atomic mass is 35.5. The first kappa shape index (κ1) is 15.5. The summed E-state index contributed by atoms with van der Waals surface area (Å²) < 4.78 is 5.37. The molecule has 20 heavy (non-hydrogen) atoms. The predicted octanol–water partition coefficient (Wildman–Crippen LogP) is 4.97. The van der Waals surface area contributed by atoms with Gasteiger partial charge in [0.1, 0.15) is 5.76 Å². The summed E-state index contributed by atoms with van der Waals surface area (Å²) in [6.45, 7) is 6.31. The van der Waals surface area contributed by atoms with Crippen LogP contribution in [0, 0.1) is 5.92 Å². The molecule has 0 saturated heterocycles. The van der Waals surface area contributed by atoms with E-state index in [2.05, 4.69) is 25.2 Å². The SMILES string of the molecule is CC(C)CNCc1ccc(Cl)cc1SCc1ccco1. The Kier molecular flexibility index (Phi) is 6.02. The molecule has 2 aromatic rings. The molecule has 2 nitrogen and oxygen atoms in total. The van der Waals surface area contributed by atoms with Crippen LogP contribution in [-0.4, -0.2) is 6.54 Å². The van der Waals surface area contributed by atoms with E-state index >= 15 is 0 Å². The molecule has 1 aromatic carbocycles. The lowest BCUT2D eigenvalue weighted by atomic mass is 10.2. The molecule has 1 heterocycles. The van der Waals surface area contributed by atoms with Gasteiger partial charge in [0.2, 0.25) is 0 Å². The van der Waals surface area contributed by atoms with Gasteiger partial charge in [0.15, 0.2) is 0 Å². The Balaban J connectivity index is 1.99. The van der Waals surface area contributed by atoms with Crippen molar-refractivity contribution in [2.45, 2.75) is 31.0 Å². The van der Waals surface area contributed by atoms with E-state index in [1.165, 1.54) is 10.5 Å².